The summed E-state index contributed by atoms with van der Waals surface area (Å²) in [6.07, 6.45) is -2.85. The zero-order valence-corrected chi connectivity index (χ0v) is 10.8. The number of halogens is 4. The molecule has 0 saturated heterocycles. The van der Waals surface area contributed by atoms with Gasteiger partial charge in [-0.3, -0.25) is 10.1 Å². The van der Waals surface area contributed by atoms with E-state index in [0.29, 0.717) is 6.20 Å². The number of pyridine rings is 1. The Morgan fingerprint density at radius 2 is 2.06 bits per heavy atom. The first-order valence-electron chi connectivity index (χ1n) is 3.72. The summed E-state index contributed by atoms with van der Waals surface area (Å²) in [6.45, 7) is 0. The SMILES string of the molecule is O=[N+]([O-])c1c(Br)ncc(S(=O)(=O)Cl)c1C(F)F. The third-order valence-corrected chi connectivity index (χ3v) is 3.60. The summed E-state index contributed by atoms with van der Waals surface area (Å²) in [7, 11) is 0.351. The normalized spacial score (nSPS) is 11.8. The fourth-order valence-corrected chi connectivity index (χ4v) is 2.51. The Balaban J connectivity index is 3.78. The monoisotopic (exact) mass is 350 g/mol. The van der Waals surface area contributed by atoms with Crippen LogP contribution >= 0.6 is 26.6 Å². The lowest BCUT2D eigenvalue weighted by atomic mass is 10.2. The van der Waals surface area contributed by atoms with Crippen molar-refractivity contribution in [3.05, 3.63) is 26.5 Å². The Morgan fingerprint density at radius 1 is 1.53 bits per heavy atom. The number of nitrogens with zero attached hydrogens (tertiary/aromatic N) is 2. The van der Waals surface area contributed by atoms with Crippen molar-refractivity contribution >= 4 is 41.4 Å². The van der Waals surface area contributed by atoms with Gasteiger partial charge in [-0.15, -0.1) is 0 Å². The molecule has 0 spiro atoms. The van der Waals surface area contributed by atoms with Gasteiger partial charge in [0.1, 0.15) is 10.5 Å². The lowest BCUT2D eigenvalue weighted by Crippen LogP contribution is -2.06. The number of nitro groups is 1. The van der Waals surface area contributed by atoms with Gasteiger partial charge >= 0.3 is 5.69 Å². The van der Waals surface area contributed by atoms with E-state index in [2.05, 4.69) is 20.9 Å². The van der Waals surface area contributed by atoms with E-state index in [-0.39, 0.29) is 0 Å². The van der Waals surface area contributed by atoms with Crippen LogP contribution in [-0.4, -0.2) is 18.3 Å². The molecule has 6 nitrogen and oxygen atoms in total. The summed E-state index contributed by atoms with van der Waals surface area (Å²) in [5.41, 5.74) is -2.41. The maximum absolute atomic E-state index is 12.7. The van der Waals surface area contributed by atoms with E-state index in [1.54, 1.807) is 0 Å². The fraction of sp³-hybridized carbons (Fsp3) is 0.167. The minimum Gasteiger partial charge on any atom is -0.258 e. The molecule has 0 aliphatic carbocycles. The Morgan fingerprint density at radius 3 is 2.41 bits per heavy atom. The van der Waals surface area contributed by atoms with Gasteiger partial charge in [0.2, 0.25) is 0 Å². The third-order valence-electron chi connectivity index (χ3n) is 1.67. The molecule has 11 heteroatoms. The molecule has 1 rings (SSSR count). The second-order valence-corrected chi connectivity index (χ2v) is 5.96. The lowest BCUT2D eigenvalue weighted by Gasteiger charge is -2.07. The summed E-state index contributed by atoms with van der Waals surface area (Å²) in [6, 6.07) is 0. The van der Waals surface area contributed by atoms with Crippen LogP contribution in [0.2, 0.25) is 0 Å². The summed E-state index contributed by atoms with van der Waals surface area (Å²) in [5, 5.41) is 10.6. The average Bonchev–Trinajstić information content (AvgIpc) is 2.14. The lowest BCUT2D eigenvalue weighted by molar-refractivity contribution is -0.387. The van der Waals surface area contributed by atoms with Gasteiger partial charge in [-0.1, -0.05) is 0 Å². The zero-order chi connectivity index (χ0) is 13.4. The van der Waals surface area contributed by atoms with Crippen LogP contribution in [0, 0.1) is 10.1 Å². The van der Waals surface area contributed by atoms with E-state index >= 15 is 0 Å². The van der Waals surface area contributed by atoms with E-state index in [1.807, 2.05) is 0 Å². The molecule has 0 N–H and O–H groups in total. The van der Waals surface area contributed by atoms with E-state index in [9.17, 15) is 27.3 Å². The molecular weight excluding hydrogens is 349 g/mol. The summed E-state index contributed by atoms with van der Waals surface area (Å²) >= 11 is 2.59. The second-order valence-electron chi connectivity index (χ2n) is 2.67. The molecule has 0 saturated carbocycles. The minimum absolute atomic E-state index is 0.498. The smallest absolute Gasteiger partial charge is 0.258 e. The highest BCUT2D eigenvalue weighted by Gasteiger charge is 2.34. The number of alkyl halides is 2. The van der Waals surface area contributed by atoms with E-state index in [1.165, 1.54) is 0 Å². The van der Waals surface area contributed by atoms with Crippen molar-refractivity contribution < 1.29 is 22.1 Å². The van der Waals surface area contributed by atoms with E-state index in [0.717, 1.165) is 0 Å². The topological polar surface area (TPSA) is 90.2 Å². The van der Waals surface area contributed by atoms with Crippen molar-refractivity contribution in [3.8, 4) is 0 Å². The summed E-state index contributed by atoms with van der Waals surface area (Å²) in [5.74, 6) is 0. The van der Waals surface area contributed by atoms with Crippen molar-refractivity contribution in [1.29, 1.82) is 0 Å². The van der Waals surface area contributed by atoms with E-state index < -0.39 is 41.1 Å². The first kappa shape index (κ1) is 14.2. The molecule has 0 fully saturated rings. The predicted octanol–water partition coefficient (Wildman–Crippen LogP) is 2.62. The first-order valence-corrected chi connectivity index (χ1v) is 6.82. The van der Waals surface area contributed by atoms with Crippen LogP contribution in [0.25, 0.3) is 0 Å². The number of hydrogen-bond acceptors (Lipinski definition) is 5. The minimum atomic E-state index is -4.55. The highest BCUT2D eigenvalue weighted by atomic mass is 79.9. The van der Waals surface area contributed by atoms with Gasteiger partial charge in [0.05, 0.1) is 4.92 Å². The largest absolute Gasteiger partial charge is 0.312 e. The molecule has 0 bridgehead atoms. The summed E-state index contributed by atoms with van der Waals surface area (Å²) < 4.78 is 46.9. The zero-order valence-electron chi connectivity index (χ0n) is 7.60. The molecule has 1 aromatic heterocycles. The predicted molar refractivity (Wildman–Crippen MR) is 56.6 cm³/mol. The highest BCUT2D eigenvalue weighted by Crippen LogP contribution is 2.38. The number of rotatable bonds is 3. The summed E-state index contributed by atoms with van der Waals surface area (Å²) in [4.78, 5) is 11.6. The molecule has 0 aliphatic heterocycles. The molecule has 1 aromatic rings. The van der Waals surface area contributed by atoms with E-state index in [4.69, 9.17) is 10.7 Å². The Bertz CT molecular complexity index is 580. The molecule has 0 aromatic carbocycles. The second kappa shape index (κ2) is 4.78. The van der Waals surface area contributed by atoms with Crippen LogP contribution in [-0.2, 0) is 9.05 Å². The van der Waals surface area contributed by atoms with Crippen molar-refractivity contribution in [2.75, 3.05) is 0 Å². The van der Waals surface area contributed by atoms with Crippen molar-refractivity contribution in [2.24, 2.45) is 0 Å². The molecule has 0 unspecified atom stereocenters. The highest BCUT2D eigenvalue weighted by molar-refractivity contribution is 9.10. The first-order chi connectivity index (χ1) is 7.66. The van der Waals surface area contributed by atoms with Crippen LogP contribution in [0.15, 0.2) is 15.7 Å². The number of hydrogen-bond donors (Lipinski definition) is 0. The third kappa shape index (κ3) is 2.87. The van der Waals surface area contributed by atoms with Crippen LogP contribution < -0.4 is 0 Å². The molecule has 17 heavy (non-hydrogen) atoms. The van der Waals surface area contributed by atoms with Gasteiger partial charge in [-0.2, -0.15) is 0 Å². The molecule has 0 radical (unpaired) electrons. The Hall–Kier alpha value is -0.870. The average molecular weight is 352 g/mol. The van der Waals surface area contributed by atoms with Crippen molar-refractivity contribution in [1.82, 2.24) is 4.98 Å². The Labute approximate surface area is 106 Å². The maximum Gasteiger partial charge on any atom is 0.312 e. The number of aromatic nitrogens is 1. The molecule has 0 atom stereocenters. The van der Waals surface area contributed by atoms with Crippen LogP contribution in [0.3, 0.4) is 0 Å². The molecule has 0 amide bonds. The van der Waals surface area contributed by atoms with Crippen molar-refractivity contribution in [3.63, 3.8) is 0 Å². The van der Waals surface area contributed by atoms with Crippen LogP contribution in [0.1, 0.15) is 12.0 Å². The van der Waals surface area contributed by atoms with Gasteiger partial charge in [-0.25, -0.2) is 22.2 Å². The van der Waals surface area contributed by atoms with Gasteiger partial charge in [-0.05, 0) is 15.9 Å². The van der Waals surface area contributed by atoms with Gasteiger partial charge in [0.25, 0.3) is 15.5 Å². The van der Waals surface area contributed by atoms with Gasteiger partial charge in [0.15, 0.2) is 4.60 Å². The molecule has 94 valence electrons. The van der Waals surface area contributed by atoms with Crippen LogP contribution in [0.4, 0.5) is 14.5 Å². The van der Waals surface area contributed by atoms with Crippen molar-refractivity contribution in [2.45, 2.75) is 11.3 Å². The maximum atomic E-state index is 12.7. The fourth-order valence-electron chi connectivity index (χ4n) is 1.05. The van der Waals surface area contributed by atoms with Crippen LogP contribution in [0.5, 0.6) is 0 Å². The molecule has 0 aliphatic rings. The molecule has 1 heterocycles. The van der Waals surface area contributed by atoms with Gasteiger partial charge in [0, 0.05) is 16.9 Å². The standard InChI is InChI=1S/C6H2BrClF2N2O4S/c7-5-4(12(13)14)3(6(9)10)2(1-11-5)17(8,15)16/h1,6H. The molecular formula is C6H2BrClF2N2O4S. The quantitative estimate of drug-likeness (QED) is 0.361. The Kier molecular flexibility index (Phi) is 3.99. The van der Waals surface area contributed by atoms with Gasteiger partial charge < -0.3 is 0 Å².